The molecule has 5 nitrogen and oxygen atoms in total. The van der Waals surface area contributed by atoms with Gasteiger partial charge in [0.05, 0.1) is 11.9 Å². The Balaban J connectivity index is 2.28. The van der Waals surface area contributed by atoms with E-state index in [9.17, 15) is 9.90 Å². The summed E-state index contributed by atoms with van der Waals surface area (Å²) in [6.07, 6.45) is 1.65. The smallest absolute Gasteiger partial charge is 0.308 e. The minimum atomic E-state index is -0.664. The fourth-order valence-electron chi connectivity index (χ4n) is 2.41. The number of nitrogens with zero attached hydrogens (tertiary/aromatic N) is 2. The van der Waals surface area contributed by atoms with E-state index in [1.165, 1.54) is 11.9 Å². The third-order valence-electron chi connectivity index (χ3n) is 3.39. The minimum absolute atomic E-state index is 0.0287. The van der Waals surface area contributed by atoms with Gasteiger partial charge in [0, 0.05) is 17.8 Å². The Labute approximate surface area is 126 Å². The molecule has 0 bridgehead atoms. The summed E-state index contributed by atoms with van der Waals surface area (Å²) in [7, 11) is 1.79. The van der Waals surface area contributed by atoms with Crippen molar-refractivity contribution in [3.63, 3.8) is 0 Å². The van der Waals surface area contributed by atoms with E-state index in [4.69, 9.17) is 5.73 Å². The zero-order chi connectivity index (χ0) is 15.0. The number of quaternary nitrogens is 1. The lowest BCUT2D eigenvalue weighted by Gasteiger charge is -2.33. The van der Waals surface area contributed by atoms with Crippen molar-refractivity contribution in [3.8, 4) is 0 Å². The van der Waals surface area contributed by atoms with Gasteiger partial charge in [-0.2, -0.15) is 3.89 Å². The van der Waals surface area contributed by atoms with Crippen molar-refractivity contribution in [2.45, 2.75) is 4.90 Å². The summed E-state index contributed by atoms with van der Waals surface area (Å²) in [5.41, 5.74) is 6.25. The summed E-state index contributed by atoms with van der Waals surface area (Å²) in [4.78, 5) is 17.1. The Kier molecular flexibility index (Phi) is 3.19. The maximum absolute atomic E-state index is 11.9. The van der Waals surface area contributed by atoms with Crippen LogP contribution in [0.25, 0.3) is 5.76 Å². The highest BCUT2D eigenvalue weighted by Gasteiger charge is 2.45. The molecule has 21 heavy (non-hydrogen) atoms. The third kappa shape index (κ3) is 2.09. The number of benzene rings is 1. The molecule has 0 fully saturated rings. The van der Waals surface area contributed by atoms with Crippen LogP contribution in [0.2, 0.25) is 0 Å². The zero-order valence-electron chi connectivity index (χ0n) is 11.4. The highest BCUT2D eigenvalue weighted by atomic mass is 32.2. The fourth-order valence-corrected chi connectivity index (χ4v) is 3.67. The van der Waals surface area contributed by atoms with Crippen molar-refractivity contribution in [2.24, 2.45) is 5.73 Å². The van der Waals surface area contributed by atoms with Crippen LogP contribution in [0.1, 0.15) is 5.56 Å². The van der Waals surface area contributed by atoms with Gasteiger partial charge in [-0.3, -0.25) is 4.79 Å². The summed E-state index contributed by atoms with van der Waals surface area (Å²) in [6, 6.07) is 12.8. The molecule has 1 aliphatic heterocycles. The van der Waals surface area contributed by atoms with Crippen LogP contribution in [0, 0.1) is 0 Å². The summed E-state index contributed by atoms with van der Waals surface area (Å²) in [5.74, 6) is -0.134. The molecule has 1 atom stereocenters. The van der Waals surface area contributed by atoms with Gasteiger partial charge in [0.25, 0.3) is 5.70 Å². The topological polar surface area (TPSA) is 76.2 Å². The van der Waals surface area contributed by atoms with E-state index in [0.717, 1.165) is 4.90 Å². The zero-order valence-corrected chi connectivity index (χ0v) is 12.2. The van der Waals surface area contributed by atoms with Crippen molar-refractivity contribution in [1.29, 1.82) is 0 Å². The number of fused-ring (bicyclic) bond motifs is 1. The fraction of sp³-hybridized carbons (Fsp3) is 0.0667. The largest absolute Gasteiger partial charge is 0.502 e. The number of likely N-dealkylation sites (N-methyl/N-ethyl adjacent to an activating group) is 1. The second-order valence-electron chi connectivity index (χ2n) is 4.76. The minimum Gasteiger partial charge on any atom is -0.502 e. The third-order valence-corrected chi connectivity index (χ3v) is 4.68. The summed E-state index contributed by atoms with van der Waals surface area (Å²) in [6.45, 7) is 0. The van der Waals surface area contributed by atoms with Crippen LogP contribution in [0.4, 0.5) is 5.82 Å². The predicted octanol–water partition coefficient (Wildman–Crippen LogP) is 2.45. The molecule has 2 heterocycles. The molecule has 3 rings (SSSR count). The Morgan fingerprint density at radius 2 is 1.95 bits per heavy atom. The average Bonchev–Trinajstić information content (AvgIpc) is 2.48. The lowest BCUT2D eigenvalue weighted by molar-refractivity contribution is -0.115. The van der Waals surface area contributed by atoms with E-state index >= 15 is 0 Å². The van der Waals surface area contributed by atoms with Crippen LogP contribution in [0.3, 0.4) is 0 Å². The number of primary amides is 1. The monoisotopic (exact) mass is 300 g/mol. The van der Waals surface area contributed by atoms with Crippen molar-refractivity contribution < 1.29 is 9.90 Å². The quantitative estimate of drug-likeness (QED) is 0.660. The maximum atomic E-state index is 11.9. The van der Waals surface area contributed by atoms with Gasteiger partial charge in [-0.05, 0) is 18.2 Å². The summed E-state index contributed by atoms with van der Waals surface area (Å²) >= 11 is 1.41. The molecule has 1 aliphatic rings. The number of hydrogen-bond acceptors (Lipinski definition) is 4. The molecule has 0 saturated carbocycles. The normalized spacial score (nSPS) is 21.0. The van der Waals surface area contributed by atoms with E-state index in [-0.39, 0.29) is 15.3 Å². The summed E-state index contributed by atoms with van der Waals surface area (Å²) in [5, 5.41) is 10.5. The van der Waals surface area contributed by atoms with Crippen LogP contribution in [0.5, 0.6) is 0 Å². The molecule has 0 aliphatic carbocycles. The van der Waals surface area contributed by atoms with E-state index in [1.807, 2.05) is 24.3 Å². The Morgan fingerprint density at radius 3 is 2.62 bits per heavy atom. The molecule has 1 aromatic carbocycles. The van der Waals surface area contributed by atoms with Crippen LogP contribution < -0.4 is 9.62 Å². The van der Waals surface area contributed by atoms with Crippen molar-refractivity contribution in [1.82, 2.24) is 8.87 Å². The number of pyridine rings is 1. The standard InChI is InChI=1S/C15H13N3O2S/c1-18(12-8-4-5-9-17-12)13(15(16)20)14(19)10-6-2-3-7-11(10)21-18/h2-9H,1H3,(H2-,16,19,20)/p+1. The lowest BCUT2D eigenvalue weighted by atomic mass is 10.1. The first-order valence-corrected chi connectivity index (χ1v) is 7.12. The average molecular weight is 300 g/mol. The highest BCUT2D eigenvalue weighted by Crippen LogP contribution is 2.46. The predicted molar refractivity (Wildman–Crippen MR) is 83.0 cm³/mol. The van der Waals surface area contributed by atoms with Gasteiger partial charge >= 0.3 is 5.91 Å². The van der Waals surface area contributed by atoms with E-state index < -0.39 is 5.91 Å². The second kappa shape index (κ2) is 4.91. The second-order valence-corrected chi connectivity index (χ2v) is 6.11. The van der Waals surface area contributed by atoms with Gasteiger partial charge in [-0.1, -0.05) is 18.2 Å². The van der Waals surface area contributed by atoms with Crippen molar-refractivity contribution in [3.05, 3.63) is 59.9 Å². The van der Waals surface area contributed by atoms with Crippen molar-refractivity contribution in [2.75, 3.05) is 7.05 Å². The molecule has 6 heteroatoms. The molecule has 1 amide bonds. The van der Waals surface area contributed by atoms with Crippen molar-refractivity contribution >= 4 is 29.4 Å². The number of hydrogen-bond donors (Lipinski definition) is 2. The first-order valence-electron chi connectivity index (χ1n) is 6.35. The molecule has 0 saturated heterocycles. The van der Waals surface area contributed by atoms with E-state index in [2.05, 4.69) is 4.98 Å². The Morgan fingerprint density at radius 1 is 1.24 bits per heavy atom. The van der Waals surface area contributed by atoms with Gasteiger partial charge in [0.1, 0.15) is 11.9 Å². The molecule has 2 aromatic rings. The SMILES string of the molecule is C[N+]1(c2ccccn2)Sc2ccccc2C(O)=C1C(N)=O. The number of nitrogens with two attached hydrogens (primary N) is 1. The van der Waals surface area contributed by atoms with Crippen LogP contribution in [0.15, 0.2) is 59.3 Å². The molecule has 106 valence electrons. The van der Waals surface area contributed by atoms with Crippen LogP contribution in [-0.4, -0.2) is 23.0 Å². The molecule has 3 N–H and O–H groups in total. The highest BCUT2D eigenvalue weighted by molar-refractivity contribution is 7.99. The first-order chi connectivity index (χ1) is 10.0. The van der Waals surface area contributed by atoms with E-state index in [1.54, 1.807) is 31.4 Å². The number of carbonyl (C=O) groups excluding carboxylic acids is 1. The number of aliphatic hydroxyl groups excluding tert-OH is 1. The molecular formula is C15H14N3O2S+. The van der Waals surface area contributed by atoms with Gasteiger partial charge < -0.3 is 10.8 Å². The van der Waals surface area contributed by atoms with Crippen LogP contribution >= 0.6 is 11.9 Å². The Hall–Kier alpha value is -2.31. The molecule has 1 unspecified atom stereocenters. The number of aliphatic hydroxyl groups is 1. The van der Waals surface area contributed by atoms with E-state index in [0.29, 0.717) is 11.4 Å². The molecule has 0 radical (unpaired) electrons. The van der Waals surface area contributed by atoms with Gasteiger partial charge in [0.15, 0.2) is 5.76 Å². The Bertz CT molecular complexity index is 746. The maximum Gasteiger partial charge on any atom is 0.308 e. The van der Waals surface area contributed by atoms with Gasteiger partial charge in [-0.15, -0.1) is 0 Å². The number of amides is 1. The lowest BCUT2D eigenvalue weighted by Crippen LogP contribution is -2.45. The van der Waals surface area contributed by atoms with Crippen LogP contribution in [-0.2, 0) is 4.79 Å². The van der Waals surface area contributed by atoms with Gasteiger partial charge in [-0.25, -0.2) is 4.98 Å². The molecule has 0 spiro atoms. The van der Waals surface area contributed by atoms with Gasteiger partial charge in [0.2, 0.25) is 5.82 Å². The molecular weight excluding hydrogens is 286 g/mol. The number of rotatable bonds is 2. The molecule has 1 aromatic heterocycles. The first kappa shape index (κ1) is 13.7. The number of aromatic nitrogens is 1. The summed E-state index contributed by atoms with van der Waals surface area (Å²) < 4.78 is -0.0287. The number of carbonyl (C=O) groups is 1.